The van der Waals surface area contributed by atoms with Gasteiger partial charge >= 0.3 is 0 Å². The Bertz CT molecular complexity index is 1210. The number of hydrogen-bond acceptors (Lipinski definition) is 6. The van der Waals surface area contributed by atoms with Crippen molar-refractivity contribution < 1.29 is 9.59 Å². The smallest absolute Gasteiger partial charge is 0.263 e. The number of thiophene rings is 1. The number of aromatic amines is 1. The summed E-state index contributed by atoms with van der Waals surface area (Å²) in [6.45, 7) is 13.0. The summed E-state index contributed by atoms with van der Waals surface area (Å²) in [6.07, 6.45) is 1.65. The molecule has 0 unspecified atom stereocenters. The van der Waals surface area contributed by atoms with Crippen LogP contribution in [0.1, 0.15) is 49.5 Å². The number of carbonyl (C=O) groups excluding carboxylic acids is 2. The fourth-order valence-electron chi connectivity index (χ4n) is 3.47. The molecule has 0 aliphatic rings. The van der Waals surface area contributed by atoms with Crippen molar-refractivity contribution in [1.29, 1.82) is 0 Å². The molecule has 1 N–H and O–H groups in total. The zero-order chi connectivity index (χ0) is 21.5. The van der Waals surface area contributed by atoms with Crippen molar-refractivity contribution in [3.8, 4) is 0 Å². The number of rotatable bonds is 7. The Kier molecular flexibility index (Phi) is 5.95. The number of ketones is 2. The van der Waals surface area contributed by atoms with Gasteiger partial charge in [-0.05, 0) is 45.7 Å². The van der Waals surface area contributed by atoms with Gasteiger partial charge in [0.25, 0.3) is 5.56 Å². The molecule has 0 saturated carbocycles. The molecule has 0 radical (unpaired) electrons. The van der Waals surface area contributed by atoms with E-state index >= 15 is 0 Å². The summed E-state index contributed by atoms with van der Waals surface area (Å²) in [6, 6.07) is 0. The molecule has 0 atom stereocenters. The van der Waals surface area contributed by atoms with Crippen LogP contribution in [0, 0.1) is 27.7 Å². The van der Waals surface area contributed by atoms with Gasteiger partial charge in [0.2, 0.25) is 0 Å². The number of aryl methyl sites for hydroxylation is 3. The van der Waals surface area contributed by atoms with E-state index < -0.39 is 0 Å². The second kappa shape index (κ2) is 8.12. The third-order valence-corrected chi connectivity index (χ3v) is 7.04. The first kappa shape index (κ1) is 21.3. The van der Waals surface area contributed by atoms with E-state index in [2.05, 4.69) is 16.5 Å². The molecule has 6 nitrogen and oxygen atoms in total. The minimum Gasteiger partial charge on any atom is -0.355 e. The summed E-state index contributed by atoms with van der Waals surface area (Å²) in [5.74, 6) is -0.101. The maximum atomic E-state index is 13.0. The van der Waals surface area contributed by atoms with Gasteiger partial charge in [-0.3, -0.25) is 19.0 Å². The molecular formula is C21H23N3O3S2. The van der Waals surface area contributed by atoms with E-state index in [1.807, 2.05) is 13.8 Å². The summed E-state index contributed by atoms with van der Waals surface area (Å²) in [5, 5.41) is 1.12. The minimum absolute atomic E-state index is 0.0710. The van der Waals surface area contributed by atoms with E-state index in [0.29, 0.717) is 44.4 Å². The number of nitrogens with one attached hydrogen (secondary N) is 1. The molecule has 0 bridgehead atoms. The Hall–Kier alpha value is -2.45. The minimum atomic E-state index is -0.138. The van der Waals surface area contributed by atoms with E-state index in [-0.39, 0.29) is 22.9 Å². The Balaban J connectivity index is 1.96. The number of nitrogens with zero attached hydrogens (tertiary/aromatic N) is 2. The van der Waals surface area contributed by atoms with Crippen LogP contribution in [0.2, 0.25) is 0 Å². The van der Waals surface area contributed by atoms with Crippen LogP contribution in [0.15, 0.2) is 22.6 Å². The molecule has 3 aromatic rings. The van der Waals surface area contributed by atoms with Crippen LogP contribution < -0.4 is 5.56 Å². The van der Waals surface area contributed by atoms with E-state index in [1.165, 1.54) is 30.0 Å². The van der Waals surface area contributed by atoms with Gasteiger partial charge < -0.3 is 4.98 Å². The van der Waals surface area contributed by atoms with Crippen molar-refractivity contribution in [2.75, 3.05) is 5.75 Å². The van der Waals surface area contributed by atoms with E-state index in [9.17, 15) is 14.4 Å². The third kappa shape index (κ3) is 3.74. The maximum Gasteiger partial charge on any atom is 0.263 e. The van der Waals surface area contributed by atoms with Gasteiger partial charge in [0.15, 0.2) is 16.7 Å². The molecule has 0 aliphatic carbocycles. The van der Waals surface area contributed by atoms with Crippen LogP contribution >= 0.6 is 23.1 Å². The first-order chi connectivity index (χ1) is 13.7. The quantitative estimate of drug-likeness (QED) is 0.261. The molecule has 0 spiro atoms. The van der Waals surface area contributed by atoms with Crippen molar-refractivity contribution >= 4 is 44.9 Å². The Labute approximate surface area is 177 Å². The molecule has 0 aromatic carbocycles. The zero-order valence-electron chi connectivity index (χ0n) is 17.1. The van der Waals surface area contributed by atoms with Crippen molar-refractivity contribution in [1.82, 2.24) is 14.5 Å². The number of hydrogen-bond donors (Lipinski definition) is 1. The van der Waals surface area contributed by atoms with Crippen LogP contribution in [0.3, 0.4) is 0 Å². The summed E-state index contributed by atoms with van der Waals surface area (Å²) < 4.78 is 1.56. The maximum absolute atomic E-state index is 13.0. The fraction of sp³-hybridized carbons (Fsp3) is 0.333. The topological polar surface area (TPSA) is 84.8 Å². The number of H-pyrrole nitrogens is 1. The lowest BCUT2D eigenvalue weighted by Crippen LogP contribution is -2.23. The highest BCUT2D eigenvalue weighted by Crippen LogP contribution is 2.29. The lowest BCUT2D eigenvalue weighted by atomic mass is 10.1. The first-order valence-electron chi connectivity index (χ1n) is 9.14. The van der Waals surface area contributed by atoms with Gasteiger partial charge in [-0.2, -0.15) is 0 Å². The predicted molar refractivity (Wildman–Crippen MR) is 119 cm³/mol. The molecule has 0 fully saturated rings. The van der Waals surface area contributed by atoms with E-state index in [4.69, 9.17) is 0 Å². The fourth-order valence-corrected chi connectivity index (χ4v) is 5.42. The Morgan fingerprint density at radius 2 is 1.93 bits per heavy atom. The monoisotopic (exact) mass is 429 g/mol. The van der Waals surface area contributed by atoms with Crippen molar-refractivity contribution in [2.24, 2.45) is 0 Å². The molecule has 3 aromatic heterocycles. The highest BCUT2D eigenvalue weighted by molar-refractivity contribution is 7.99. The van der Waals surface area contributed by atoms with Gasteiger partial charge in [-0.25, -0.2) is 4.98 Å². The van der Waals surface area contributed by atoms with Crippen molar-refractivity contribution in [3.63, 3.8) is 0 Å². The SMILES string of the molecule is C=CCn1c(SCC(=O)c2[nH]c(C)c(C(C)=O)c2C)nc2sc(C)c(C)c2c1=O. The van der Waals surface area contributed by atoms with Crippen LogP contribution in [-0.4, -0.2) is 31.9 Å². The summed E-state index contributed by atoms with van der Waals surface area (Å²) in [4.78, 5) is 47.1. The molecule has 3 heterocycles. The predicted octanol–water partition coefficient (Wildman–Crippen LogP) is 4.38. The van der Waals surface area contributed by atoms with Crippen LogP contribution in [0.4, 0.5) is 0 Å². The van der Waals surface area contributed by atoms with Crippen LogP contribution in [-0.2, 0) is 6.54 Å². The molecular weight excluding hydrogens is 406 g/mol. The standard InChI is InChI=1S/C21H23N3O3S2/c1-7-8-24-20(27)17-10(2)14(6)29-19(17)23-21(24)28-9-15(26)18-11(3)16(13(5)25)12(4)22-18/h7,22H,1,8-9H2,2-6H3. The summed E-state index contributed by atoms with van der Waals surface area (Å²) in [7, 11) is 0. The lowest BCUT2D eigenvalue weighted by molar-refractivity contribution is 0.101. The van der Waals surface area contributed by atoms with Gasteiger partial charge in [0.05, 0.1) is 16.8 Å². The van der Waals surface area contributed by atoms with Crippen molar-refractivity contribution in [2.45, 2.75) is 46.3 Å². The average Bonchev–Trinajstić information content (AvgIpc) is 3.11. The highest BCUT2D eigenvalue weighted by Gasteiger charge is 2.21. The van der Waals surface area contributed by atoms with Gasteiger partial charge in [0, 0.05) is 22.7 Å². The molecule has 3 rings (SSSR count). The van der Waals surface area contributed by atoms with Gasteiger partial charge in [0.1, 0.15) is 4.83 Å². The molecule has 8 heteroatoms. The second-order valence-corrected chi connectivity index (χ2v) is 9.10. The molecule has 0 amide bonds. The summed E-state index contributed by atoms with van der Waals surface area (Å²) in [5.41, 5.74) is 3.18. The first-order valence-corrected chi connectivity index (χ1v) is 10.9. The zero-order valence-corrected chi connectivity index (χ0v) is 18.8. The van der Waals surface area contributed by atoms with E-state index in [0.717, 1.165) is 10.4 Å². The number of allylic oxidation sites excluding steroid dienone is 1. The number of thioether (sulfide) groups is 1. The second-order valence-electron chi connectivity index (χ2n) is 6.96. The number of Topliss-reactive ketones (excluding diaryl/α,β-unsaturated/α-hetero) is 2. The lowest BCUT2D eigenvalue weighted by Gasteiger charge is -2.10. The van der Waals surface area contributed by atoms with Crippen LogP contribution in [0.25, 0.3) is 10.2 Å². The van der Waals surface area contributed by atoms with Crippen molar-refractivity contribution in [3.05, 3.63) is 56.0 Å². The highest BCUT2D eigenvalue weighted by atomic mass is 32.2. The van der Waals surface area contributed by atoms with Gasteiger partial charge in [-0.1, -0.05) is 17.8 Å². The largest absolute Gasteiger partial charge is 0.355 e. The average molecular weight is 430 g/mol. The number of fused-ring (bicyclic) bond motifs is 1. The molecule has 152 valence electrons. The Morgan fingerprint density at radius 1 is 1.24 bits per heavy atom. The normalized spacial score (nSPS) is 11.2. The Morgan fingerprint density at radius 3 is 2.52 bits per heavy atom. The number of aromatic nitrogens is 3. The molecule has 0 aliphatic heterocycles. The summed E-state index contributed by atoms with van der Waals surface area (Å²) >= 11 is 2.71. The third-order valence-electron chi connectivity index (χ3n) is 4.97. The molecule has 0 saturated heterocycles. The van der Waals surface area contributed by atoms with Gasteiger partial charge in [-0.15, -0.1) is 17.9 Å². The van der Waals surface area contributed by atoms with Crippen LogP contribution in [0.5, 0.6) is 0 Å². The number of carbonyl (C=O) groups is 2. The molecule has 29 heavy (non-hydrogen) atoms. The van der Waals surface area contributed by atoms with E-state index in [1.54, 1.807) is 24.5 Å².